The Kier molecular flexibility index (Phi) is 2.93. The SMILES string of the molecule is Cc1ccc(C([AsH2])C(=O)O)cc1. The van der Waals surface area contributed by atoms with Gasteiger partial charge in [-0.1, -0.05) is 0 Å². The number of aryl methyl sites for hydroxylation is 1. The first-order valence-electron chi connectivity index (χ1n) is 3.66. The van der Waals surface area contributed by atoms with Crippen molar-refractivity contribution in [3.63, 3.8) is 0 Å². The van der Waals surface area contributed by atoms with Crippen LogP contribution >= 0.6 is 0 Å². The van der Waals surface area contributed by atoms with Crippen LogP contribution < -0.4 is 0 Å². The molecule has 0 spiro atoms. The molecular formula is C9H11AsO2. The van der Waals surface area contributed by atoms with Crippen LogP contribution in [0.25, 0.3) is 0 Å². The molecule has 0 aliphatic rings. The predicted molar refractivity (Wildman–Crippen MR) is 50.1 cm³/mol. The van der Waals surface area contributed by atoms with Crippen molar-refractivity contribution in [1.29, 1.82) is 0 Å². The molecule has 0 radical (unpaired) electrons. The number of carboxylic acid groups (broad SMARTS) is 1. The summed E-state index contributed by atoms with van der Waals surface area (Å²) in [6.45, 7) is 1.99. The van der Waals surface area contributed by atoms with Crippen molar-refractivity contribution < 1.29 is 9.90 Å². The Labute approximate surface area is 80.1 Å². The van der Waals surface area contributed by atoms with E-state index in [4.69, 9.17) is 5.11 Å². The van der Waals surface area contributed by atoms with Gasteiger partial charge in [-0.15, -0.1) is 0 Å². The van der Waals surface area contributed by atoms with E-state index in [-0.39, 0.29) is 4.71 Å². The van der Waals surface area contributed by atoms with E-state index in [2.05, 4.69) is 0 Å². The van der Waals surface area contributed by atoms with E-state index < -0.39 is 5.97 Å². The first-order chi connectivity index (χ1) is 5.61. The van der Waals surface area contributed by atoms with Crippen molar-refractivity contribution in [2.24, 2.45) is 0 Å². The molecule has 0 aliphatic carbocycles. The van der Waals surface area contributed by atoms with Crippen LogP contribution in [0.2, 0.25) is 0 Å². The average molecular weight is 226 g/mol. The number of carboxylic acids is 1. The summed E-state index contributed by atoms with van der Waals surface area (Å²) in [5.74, 6) is -0.751. The Balaban J connectivity index is 2.89. The van der Waals surface area contributed by atoms with E-state index in [1.165, 1.54) is 16.9 Å². The molecule has 0 aromatic heterocycles. The van der Waals surface area contributed by atoms with Crippen LogP contribution in [0.15, 0.2) is 24.3 Å². The normalized spacial score (nSPS) is 12.5. The van der Waals surface area contributed by atoms with Crippen molar-refractivity contribution in [1.82, 2.24) is 0 Å². The predicted octanol–water partition coefficient (Wildman–Crippen LogP) is 0.754. The van der Waals surface area contributed by atoms with Crippen LogP contribution in [0.3, 0.4) is 0 Å². The van der Waals surface area contributed by atoms with Crippen molar-refractivity contribution in [3.05, 3.63) is 35.4 Å². The Hall–Kier alpha value is -0.752. The third-order valence-corrected chi connectivity index (χ3v) is 3.11. The van der Waals surface area contributed by atoms with Gasteiger partial charge in [0.15, 0.2) is 0 Å². The summed E-state index contributed by atoms with van der Waals surface area (Å²) in [5.41, 5.74) is 2.04. The molecule has 0 bridgehead atoms. The van der Waals surface area contributed by atoms with Gasteiger partial charge in [-0.2, -0.15) is 0 Å². The van der Waals surface area contributed by atoms with Crippen LogP contribution in [0.5, 0.6) is 0 Å². The number of rotatable bonds is 2. The molecule has 0 amide bonds. The van der Waals surface area contributed by atoms with E-state index >= 15 is 0 Å². The van der Waals surface area contributed by atoms with Gasteiger partial charge in [0.25, 0.3) is 0 Å². The average Bonchev–Trinajstić information content (AvgIpc) is 2.04. The van der Waals surface area contributed by atoms with Crippen LogP contribution in [0.4, 0.5) is 0 Å². The second-order valence-electron chi connectivity index (χ2n) is 2.73. The molecule has 3 heteroatoms. The maximum atomic E-state index is 10.6. The molecule has 2 atom stereocenters. The molecule has 1 aromatic rings. The molecule has 0 fully saturated rings. The minimum atomic E-state index is -0.751. The number of hydrogen-bond donors (Lipinski definition) is 1. The molecule has 12 heavy (non-hydrogen) atoms. The van der Waals surface area contributed by atoms with E-state index in [9.17, 15) is 4.79 Å². The van der Waals surface area contributed by atoms with Crippen molar-refractivity contribution in [3.8, 4) is 0 Å². The second kappa shape index (κ2) is 3.77. The fourth-order valence-corrected chi connectivity index (χ4v) is 1.38. The van der Waals surface area contributed by atoms with E-state index in [0.717, 1.165) is 11.1 Å². The van der Waals surface area contributed by atoms with E-state index in [1.807, 2.05) is 31.2 Å². The third kappa shape index (κ3) is 2.12. The summed E-state index contributed by atoms with van der Waals surface area (Å²) in [7, 11) is 0. The summed E-state index contributed by atoms with van der Waals surface area (Å²) in [6.07, 6.45) is 0. The Morgan fingerprint density at radius 2 is 1.92 bits per heavy atom. The first-order valence-corrected chi connectivity index (χ1v) is 5.06. The van der Waals surface area contributed by atoms with Gasteiger partial charge in [-0.05, 0) is 0 Å². The quantitative estimate of drug-likeness (QED) is 0.755. The van der Waals surface area contributed by atoms with Gasteiger partial charge in [0.05, 0.1) is 0 Å². The summed E-state index contributed by atoms with van der Waals surface area (Å²) in [6, 6.07) is 7.61. The van der Waals surface area contributed by atoms with Crippen LogP contribution in [-0.2, 0) is 4.79 Å². The monoisotopic (exact) mass is 226 g/mol. The topological polar surface area (TPSA) is 37.3 Å². The number of carbonyl (C=O) groups is 1. The van der Waals surface area contributed by atoms with Gasteiger partial charge in [0, 0.05) is 0 Å². The van der Waals surface area contributed by atoms with Gasteiger partial charge in [0.2, 0.25) is 0 Å². The van der Waals surface area contributed by atoms with E-state index in [1.54, 1.807) is 0 Å². The summed E-state index contributed by atoms with van der Waals surface area (Å²) in [4.78, 5) is 10.6. The van der Waals surface area contributed by atoms with Gasteiger partial charge in [0.1, 0.15) is 0 Å². The van der Waals surface area contributed by atoms with Crippen molar-refractivity contribution in [2.75, 3.05) is 0 Å². The molecule has 0 aliphatic heterocycles. The first kappa shape index (κ1) is 9.34. The molecule has 0 saturated carbocycles. The summed E-state index contributed by atoms with van der Waals surface area (Å²) < 4.78 is -0.349. The molecular weight excluding hydrogens is 215 g/mol. The van der Waals surface area contributed by atoms with Crippen LogP contribution in [0, 0.1) is 6.92 Å². The fourth-order valence-electron chi connectivity index (χ4n) is 0.916. The molecule has 64 valence electrons. The number of aliphatic carboxylic acids is 1. The van der Waals surface area contributed by atoms with E-state index in [0.29, 0.717) is 0 Å². The van der Waals surface area contributed by atoms with Crippen LogP contribution in [-0.4, -0.2) is 27.9 Å². The summed E-state index contributed by atoms with van der Waals surface area (Å²) in [5, 5.41) is 8.72. The third-order valence-electron chi connectivity index (χ3n) is 1.70. The fraction of sp³-hybridized carbons (Fsp3) is 0.222. The molecule has 2 nitrogen and oxygen atoms in total. The molecule has 1 aromatic carbocycles. The zero-order valence-corrected chi connectivity index (χ0v) is 9.24. The molecule has 2 unspecified atom stereocenters. The Morgan fingerprint density at radius 3 is 2.33 bits per heavy atom. The number of hydrogen-bond acceptors (Lipinski definition) is 1. The molecule has 0 heterocycles. The van der Waals surface area contributed by atoms with Gasteiger partial charge >= 0.3 is 79.7 Å². The van der Waals surface area contributed by atoms with Gasteiger partial charge < -0.3 is 0 Å². The maximum absolute atomic E-state index is 10.6. The molecule has 1 N–H and O–H groups in total. The Bertz CT molecular complexity index is 279. The van der Waals surface area contributed by atoms with Crippen molar-refractivity contribution in [2.45, 2.75) is 11.6 Å². The van der Waals surface area contributed by atoms with Gasteiger partial charge in [-0.3, -0.25) is 0 Å². The molecule has 0 saturated heterocycles. The second-order valence-corrected chi connectivity index (χ2v) is 4.13. The zero-order valence-electron chi connectivity index (χ0n) is 6.82. The molecule has 1 rings (SSSR count). The Morgan fingerprint density at radius 1 is 1.42 bits per heavy atom. The van der Waals surface area contributed by atoms with Crippen LogP contribution in [0.1, 0.15) is 15.8 Å². The zero-order chi connectivity index (χ0) is 9.14. The number of benzene rings is 1. The summed E-state index contributed by atoms with van der Waals surface area (Å²) >= 11 is 1.22. The minimum absolute atomic E-state index is 0.349. The van der Waals surface area contributed by atoms with Crippen molar-refractivity contribution >= 4 is 22.8 Å². The standard InChI is InChI=1S/C9H11AsO2/c1-6-2-4-7(5-3-6)8(10)9(11)12/h2-5,8H,10H2,1H3,(H,11,12). The van der Waals surface area contributed by atoms with Gasteiger partial charge in [-0.25, -0.2) is 0 Å².